The molecule has 0 saturated heterocycles. The molecule has 7 heteroatoms. The molecular formula is C12H11N5OS. The second-order valence-corrected chi connectivity index (χ2v) is 4.84. The minimum Gasteiger partial charge on any atom is -0.497 e. The summed E-state index contributed by atoms with van der Waals surface area (Å²) in [7, 11) is 1.64. The van der Waals surface area contributed by atoms with Gasteiger partial charge in [0.1, 0.15) is 17.6 Å². The number of hydrogen-bond donors (Lipinski definition) is 2. The second kappa shape index (κ2) is 4.77. The van der Waals surface area contributed by atoms with Crippen LogP contribution in [0.2, 0.25) is 0 Å². The van der Waals surface area contributed by atoms with E-state index < -0.39 is 0 Å². The third-order valence-electron chi connectivity index (χ3n) is 2.57. The highest BCUT2D eigenvalue weighted by Gasteiger charge is 2.08. The summed E-state index contributed by atoms with van der Waals surface area (Å²) in [5, 5.41) is 0.729. The summed E-state index contributed by atoms with van der Waals surface area (Å²) in [6, 6.07) is 7.73. The van der Waals surface area contributed by atoms with Crippen LogP contribution in [0.25, 0.3) is 11.2 Å². The molecule has 2 aromatic heterocycles. The number of hydrogen-bond acceptors (Lipinski definition) is 6. The van der Waals surface area contributed by atoms with Gasteiger partial charge in [-0.3, -0.25) is 0 Å². The average molecular weight is 273 g/mol. The van der Waals surface area contributed by atoms with E-state index in [1.807, 2.05) is 24.3 Å². The van der Waals surface area contributed by atoms with Gasteiger partial charge >= 0.3 is 0 Å². The summed E-state index contributed by atoms with van der Waals surface area (Å²) >= 11 is 1.50. The average Bonchev–Trinajstić information content (AvgIpc) is 2.84. The molecule has 0 bridgehead atoms. The van der Waals surface area contributed by atoms with Crippen molar-refractivity contribution in [2.24, 2.45) is 0 Å². The fraction of sp³-hybridized carbons (Fsp3) is 0.0833. The molecule has 0 fully saturated rings. The van der Waals surface area contributed by atoms with Crippen LogP contribution in [-0.4, -0.2) is 27.0 Å². The van der Waals surface area contributed by atoms with Gasteiger partial charge in [-0.05, 0) is 24.3 Å². The van der Waals surface area contributed by atoms with Gasteiger partial charge in [-0.1, -0.05) is 11.8 Å². The van der Waals surface area contributed by atoms with Crippen LogP contribution in [0.1, 0.15) is 0 Å². The summed E-state index contributed by atoms with van der Waals surface area (Å²) < 4.78 is 5.12. The molecule has 0 aliphatic rings. The van der Waals surface area contributed by atoms with E-state index in [2.05, 4.69) is 19.9 Å². The normalized spacial score (nSPS) is 10.8. The van der Waals surface area contributed by atoms with Crippen LogP contribution in [-0.2, 0) is 0 Å². The zero-order chi connectivity index (χ0) is 13.2. The Kier molecular flexibility index (Phi) is 2.96. The Morgan fingerprint density at radius 1 is 1.21 bits per heavy atom. The predicted octanol–water partition coefficient (Wildman–Crippen LogP) is 2.09. The maximum Gasteiger partial charge on any atom is 0.183 e. The molecule has 6 nitrogen and oxygen atoms in total. The van der Waals surface area contributed by atoms with E-state index in [0.29, 0.717) is 17.0 Å². The predicted molar refractivity (Wildman–Crippen MR) is 73.2 cm³/mol. The van der Waals surface area contributed by atoms with Gasteiger partial charge in [0.15, 0.2) is 16.6 Å². The Balaban J connectivity index is 1.90. The van der Waals surface area contributed by atoms with Crippen molar-refractivity contribution < 1.29 is 4.74 Å². The maximum atomic E-state index is 5.75. The number of fused-ring (bicyclic) bond motifs is 1. The first kappa shape index (κ1) is 11.8. The lowest BCUT2D eigenvalue weighted by Gasteiger charge is -2.00. The van der Waals surface area contributed by atoms with Crippen molar-refractivity contribution in [3.05, 3.63) is 30.6 Å². The van der Waals surface area contributed by atoms with Crippen LogP contribution in [0, 0.1) is 0 Å². The quantitative estimate of drug-likeness (QED) is 0.759. The molecule has 0 saturated carbocycles. The Morgan fingerprint density at radius 2 is 2.00 bits per heavy atom. The topological polar surface area (TPSA) is 89.7 Å². The number of anilines is 1. The van der Waals surface area contributed by atoms with Crippen molar-refractivity contribution >= 4 is 28.7 Å². The first-order chi connectivity index (χ1) is 9.26. The minimum atomic E-state index is 0.402. The Hall–Kier alpha value is -2.28. The number of nitrogens with zero attached hydrogens (tertiary/aromatic N) is 3. The number of nitrogens with one attached hydrogen (secondary N) is 1. The highest BCUT2D eigenvalue weighted by molar-refractivity contribution is 7.99. The van der Waals surface area contributed by atoms with E-state index in [4.69, 9.17) is 10.5 Å². The molecule has 19 heavy (non-hydrogen) atoms. The molecule has 2 heterocycles. The van der Waals surface area contributed by atoms with Crippen molar-refractivity contribution in [2.45, 2.75) is 10.1 Å². The Morgan fingerprint density at radius 3 is 2.68 bits per heavy atom. The van der Waals surface area contributed by atoms with Crippen LogP contribution in [0.5, 0.6) is 5.75 Å². The number of benzene rings is 1. The molecule has 96 valence electrons. The summed E-state index contributed by atoms with van der Waals surface area (Å²) in [5.74, 6) is 1.23. The van der Waals surface area contributed by atoms with E-state index in [1.54, 1.807) is 7.11 Å². The van der Waals surface area contributed by atoms with Gasteiger partial charge in [-0.25, -0.2) is 15.0 Å². The SMILES string of the molecule is COc1ccc(Sc2nc3ncnc(N)c3[nH]2)cc1. The molecule has 0 unspecified atom stereocenters. The molecule has 3 aromatic rings. The van der Waals surface area contributed by atoms with Gasteiger partial charge < -0.3 is 15.5 Å². The number of H-pyrrole nitrogens is 1. The summed E-state index contributed by atoms with van der Waals surface area (Å²) in [6.45, 7) is 0. The minimum absolute atomic E-state index is 0.402. The number of methoxy groups -OCH3 is 1. The smallest absolute Gasteiger partial charge is 0.183 e. The van der Waals surface area contributed by atoms with Crippen LogP contribution >= 0.6 is 11.8 Å². The lowest BCUT2D eigenvalue weighted by molar-refractivity contribution is 0.414. The fourth-order valence-corrected chi connectivity index (χ4v) is 2.41. The van der Waals surface area contributed by atoms with E-state index in [-0.39, 0.29) is 0 Å². The number of ether oxygens (including phenoxy) is 1. The number of rotatable bonds is 3. The largest absolute Gasteiger partial charge is 0.497 e. The van der Waals surface area contributed by atoms with Crippen molar-refractivity contribution in [1.82, 2.24) is 19.9 Å². The number of aromatic amines is 1. The number of imidazole rings is 1. The van der Waals surface area contributed by atoms with Crippen molar-refractivity contribution in [1.29, 1.82) is 0 Å². The van der Waals surface area contributed by atoms with Crippen molar-refractivity contribution in [3.8, 4) is 5.75 Å². The standard InChI is InChI=1S/C12H11N5OS/c1-18-7-2-4-8(5-3-7)19-12-16-9-10(13)14-6-15-11(9)17-12/h2-6H,1H3,(H3,13,14,15,16,17). The van der Waals surface area contributed by atoms with Gasteiger partial charge in [-0.15, -0.1) is 0 Å². The van der Waals surface area contributed by atoms with E-state index in [1.165, 1.54) is 18.1 Å². The van der Waals surface area contributed by atoms with E-state index in [9.17, 15) is 0 Å². The molecule has 0 aliphatic heterocycles. The fourth-order valence-electron chi connectivity index (χ4n) is 1.63. The third-order valence-corrected chi connectivity index (χ3v) is 3.46. The van der Waals surface area contributed by atoms with Crippen LogP contribution in [0.3, 0.4) is 0 Å². The number of nitrogens with two attached hydrogens (primary N) is 1. The molecule has 0 amide bonds. The number of nitrogen functional groups attached to an aromatic ring is 1. The monoisotopic (exact) mass is 273 g/mol. The maximum absolute atomic E-state index is 5.75. The second-order valence-electron chi connectivity index (χ2n) is 3.78. The molecule has 0 radical (unpaired) electrons. The van der Waals surface area contributed by atoms with Gasteiger partial charge in [0.05, 0.1) is 7.11 Å². The lowest BCUT2D eigenvalue weighted by atomic mass is 10.3. The van der Waals surface area contributed by atoms with Crippen LogP contribution < -0.4 is 10.5 Å². The van der Waals surface area contributed by atoms with Gasteiger partial charge in [0, 0.05) is 4.90 Å². The molecule has 0 atom stereocenters. The summed E-state index contributed by atoms with van der Waals surface area (Å²) in [4.78, 5) is 16.5. The molecule has 1 aromatic carbocycles. The molecule has 0 aliphatic carbocycles. The third kappa shape index (κ3) is 2.32. The van der Waals surface area contributed by atoms with Gasteiger partial charge in [0.2, 0.25) is 0 Å². The van der Waals surface area contributed by atoms with Gasteiger partial charge in [-0.2, -0.15) is 0 Å². The van der Waals surface area contributed by atoms with Crippen molar-refractivity contribution in [2.75, 3.05) is 12.8 Å². The summed E-state index contributed by atoms with van der Waals surface area (Å²) in [6.07, 6.45) is 1.40. The zero-order valence-corrected chi connectivity index (χ0v) is 10.9. The van der Waals surface area contributed by atoms with Crippen molar-refractivity contribution in [3.63, 3.8) is 0 Å². The number of aromatic nitrogens is 4. The molecule has 3 rings (SSSR count). The van der Waals surface area contributed by atoms with Crippen LogP contribution in [0.15, 0.2) is 40.6 Å². The van der Waals surface area contributed by atoms with E-state index >= 15 is 0 Å². The molecule has 3 N–H and O–H groups in total. The highest BCUT2D eigenvalue weighted by atomic mass is 32.2. The Labute approximate surface area is 113 Å². The zero-order valence-electron chi connectivity index (χ0n) is 10.1. The van der Waals surface area contributed by atoms with Crippen LogP contribution in [0.4, 0.5) is 5.82 Å². The van der Waals surface area contributed by atoms with E-state index in [0.717, 1.165) is 15.8 Å². The first-order valence-corrected chi connectivity index (χ1v) is 6.36. The lowest BCUT2D eigenvalue weighted by Crippen LogP contribution is -1.91. The van der Waals surface area contributed by atoms with Gasteiger partial charge in [0.25, 0.3) is 0 Å². The summed E-state index contributed by atoms with van der Waals surface area (Å²) in [5.41, 5.74) is 6.99. The highest BCUT2D eigenvalue weighted by Crippen LogP contribution is 2.28. The molecular weight excluding hydrogens is 262 g/mol. The Bertz CT molecular complexity index is 710. The molecule has 0 spiro atoms. The first-order valence-electron chi connectivity index (χ1n) is 5.54.